The number of aromatic amines is 1. The maximum atomic E-state index is 13.1. The summed E-state index contributed by atoms with van der Waals surface area (Å²) in [5, 5.41) is 5.59. The molecular formula is C33H27N7O8. The summed E-state index contributed by atoms with van der Waals surface area (Å²) in [7, 11) is 0. The van der Waals surface area contributed by atoms with Gasteiger partial charge in [0.05, 0.1) is 29.6 Å². The molecule has 15 heteroatoms. The highest BCUT2D eigenvalue weighted by Crippen LogP contribution is 2.14. The van der Waals surface area contributed by atoms with Crippen molar-refractivity contribution in [3.05, 3.63) is 124 Å². The highest BCUT2D eigenvalue weighted by atomic mass is 16.6. The molecule has 0 aliphatic rings. The molecule has 2 heterocycles. The quantitative estimate of drug-likeness (QED) is 0.119. The van der Waals surface area contributed by atoms with E-state index >= 15 is 0 Å². The molecule has 5 N–H and O–H groups in total. The van der Waals surface area contributed by atoms with Crippen molar-refractivity contribution in [3.63, 3.8) is 0 Å². The van der Waals surface area contributed by atoms with Gasteiger partial charge in [0.25, 0.3) is 11.5 Å². The van der Waals surface area contributed by atoms with Crippen molar-refractivity contribution in [2.45, 2.75) is 25.4 Å². The molecule has 2 aromatic heterocycles. The van der Waals surface area contributed by atoms with Crippen molar-refractivity contribution in [1.82, 2.24) is 25.3 Å². The third-order valence-electron chi connectivity index (χ3n) is 6.75. The number of carbonyl (C=O) groups excluding carboxylic acids is 5. The van der Waals surface area contributed by atoms with Crippen molar-refractivity contribution >= 4 is 52.6 Å². The van der Waals surface area contributed by atoms with Crippen LogP contribution in [0.1, 0.15) is 49.6 Å². The van der Waals surface area contributed by atoms with E-state index in [2.05, 4.69) is 30.6 Å². The van der Waals surface area contributed by atoms with Gasteiger partial charge in [0.15, 0.2) is 11.2 Å². The highest BCUT2D eigenvalue weighted by Gasteiger charge is 2.27. The molecule has 48 heavy (non-hydrogen) atoms. The van der Waals surface area contributed by atoms with Crippen LogP contribution in [0.25, 0.3) is 11.2 Å². The standard InChI is InChI=1S/C33H27N7O8/c34-33-39-27-26(29(43)40-33)37-23(18-36-27)17-35-22-13-11-19(12-14-22)28(42)38-24(32(46)48-31(45)21-9-5-2-6-10-21)15-16-25(41)47-30(44)20-7-3-1-4-8-20/h1-14,18,24,35H,15-17H2,(H,38,42)(H3,34,36,39,40,43)/t24-/m0/s1. The van der Waals surface area contributed by atoms with Crippen LogP contribution in [-0.2, 0) is 25.6 Å². The molecule has 1 atom stereocenters. The molecule has 242 valence electrons. The number of carbonyl (C=O) groups is 5. The van der Waals surface area contributed by atoms with E-state index in [0.717, 1.165) is 0 Å². The maximum Gasteiger partial charge on any atom is 0.345 e. The van der Waals surface area contributed by atoms with Crippen LogP contribution >= 0.6 is 0 Å². The van der Waals surface area contributed by atoms with E-state index < -0.39 is 47.8 Å². The number of rotatable bonds is 11. The van der Waals surface area contributed by atoms with E-state index in [1.165, 1.54) is 42.6 Å². The molecule has 0 saturated carbocycles. The van der Waals surface area contributed by atoms with Crippen molar-refractivity contribution in [2.75, 3.05) is 11.1 Å². The normalized spacial score (nSPS) is 11.2. The second kappa shape index (κ2) is 15.0. The second-order valence-corrected chi connectivity index (χ2v) is 10.2. The van der Waals surface area contributed by atoms with Crippen molar-refractivity contribution in [3.8, 4) is 0 Å². The van der Waals surface area contributed by atoms with Gasteiger partial charge in [-0.2, -0.15) is 4.98 Å². The second-order valence-electron chi connectivity index (χ2n) is 10.2. The van der Waals surface area contributed by atoms with E-state index in [0.29, 0.717) is 11.4 Å². The summed E-state index contributed by atoms with van der Waals surface area (Å²) in [6, 6.07) is 20.3. The number of nitrogens with two attached hydrogens (primary N) is 1. The van der Waals surface area contributed by atoms with Crippen LogP contribution in [0.5, 0.6) is 0 Å². The van der Waals surface area contributed by atoms with Gasteiger partial charge in [-0.15, -0.1) is 0 Å². The van der Waals surface area contributed by atoms with Gasteiger partial charge in [-0.25, -0.2) is 24.4 Å². The first-order valence-corrected chi connectivity index (χ1v) is 14.4. The SMILES string of the molecule is Nc1nc2ncc(CNc3ccc(C(=O)N[C@@H](CCC(=O)OC(=O)c4ccccc4)C(=O)OC(=O)c4ccccc4)cc3)nc2c(=O)[nH]1. The third-order valence-corrected chi connectivity index (χ3v) is 6.75. The number of benzene rings is 3. The van der Waals surface area contributed by atoms with E-state index in [1.54, 1.807) is 48.5 Å². The molecule has 1 amide bonds. The Hall–Kier alpha value is -6.77. The number of nitrogens with one attached hydrogen (secondary N) is 3. The molecule has 3 aromatic carbocycles. The molecule has 0 aliphatic carbocycles. The summed E-state index contributed by atoms with van der Waals surface area (Å²) in [4.78, 5) is 90.1. The van der Waals surface area contributed by atoms with E-state index in [4.69, 9.17) is 15.2 Å². The summed E-state index contributed by atoms with van der Waals surface area (Å²) in [5.41, 5.74) is 6.60. The Balaban J connectivity index is 1.22. The first-order valence-electron chi connectivity index (χ1n) is 14.4. The van der Waals surface area contributed by atoms with Gasteiger partial charge in [-0.1, -0.05) is 36.4 Å². The minimum Gasteiger partial charge on any atom is -0.389 e. The topological polar surface area (TPSA) is 225 Å². The zero-order valence-electron chi connectivity index (χ0n) is 25.0. The summed E-state index contributed by atoms with van der Waals surface area (Å²) in [5.74, 6) is -4.64. The number of anilines is 2. The number of H-pyrrole nitrogens is 1. The summed E-state index contributed by atoms with van der Waals surface area (Å²) in [6.45, 7) is 0.185. The van der Waals surface area contributed by atoms with Crippen LogP contribution in [0.2, 0.25) is 0 Å². The van der Waals surface area contributed by atoms with Gasteiger partial charge in [-0.05, 0) is 55.0 Å². The number of fused-ring (bicyclic) bond motifs is 1. The molecule has 15 nitrogen and oxygen atoms in total. The zero-order chi connectivity index (χ0) is 34.0. The molecule has 0 unspecified atom stereocenters. The van der Waals surface area contributed by atoms with Crippen LogP contribution in [0.4, 0.5) is 11.6 Å². The molecule has 0 fully saturated rings. The molecule has 0 saturated heterocycles. The zero-order valence-corrected chi connectivity index (χ0v) is 25.0. The smallest absolute Gasteiger partial charge is 0.345 e. The maximum absolute atomic E-state index is 13.1. The molecule has 0 spiro atoms. The third kappa shape index (κ3) is 8.48. The summed E-state index contributed by atoms with van der Waals surface area (Å²) in [6.07, 6.45) is 0.664. The summed E-state index contributed by atoms with van der Waals surface area (Å²) >= 11 is 0. The van der Waals surface area contributed by atoms with Crippen LogP contribution in [0, 0.1) is 0 Å². The lowest BCUT2D eigenvalue weighted by Crippen LogP contribution is -2.43. The molecule has 0 radical (unpaired) electrons. The molecule has 5 rings (SSSR count). The van der Waals surface area contributed by atoms with Gasteiger partial charge in [-0.3, -0.25) is 19.4 Å². The number of ether oxygens (including phenoxy) is 2. The predicted octanol–water partition coefficient (Wildman–Crippen LogP) is 2.55. The van der Waals surface area contributed by atoms with Gasteiger partial charge < -0.3 is 25.8 Å². The van der Waals surface area contributed by atoms with Gasteiger partial charge in [0.2, 0.25) is 5.95 Å². The first-order chi connectivity index (χ1) is 23.2. The van der Waals surface area contributed by atoms with E-state index in [9.17, 15) is 28.8 Å². The number of nitrogen functional groups attached to an aromatic ring is 1. The molecule has 5 aromatic rings. The number of amides is 1. The van der Waals surface area contributed by atoms with Gasteiger partial charge in [0.1, 0.15) is 6.04 Å². The monoisotopic (exact) mass is 649 g/mol. The lowest BCUT2D eigenvalue weighted by Gasteiger charge is -2.17. The lowest BCUT2D eigenvalue weighted by atomic mass is 10.1. The molecular weight excluding hydrogens is 622 g/mol. The number of esters is 4. The van der Waals surface area contributed by atoms with E-state index in [1.807, 2.05) is 0 Å². The minimum atomic E-state index is -1.44. The highest BCUT2D eigenvalue weighted by molar-refractivity contribution is 6.01. The van der Waals surface area contributed by atoms with Crippen LogP contribution in [0.15, 0.2) is 95.9 Å². The van der Waals surface area contributed by atoms with Crippen molar-refractivity contribution in [1.29, 1.82) is 0 Å². The molecule has 0 bridgehead atoms. The Labute approximate surface area is 271 Å². The Morgan fingerprint density at radius 1 is 0.792 bits per heavy atom. The fourth-order valence-electron chi connectivity index (χ4n) is 4.32. The van der Waals surface area contributed by atoms with Gasteiger partial charge >= 0.3 is 23.9 Å². The van der Waals surface area contributed by atoms with Crippen LogP contribution in [-0.4, -0.2) is 55.8 Å². The Morgan fingerprint density at radius 3 is 2.06 bits per heavy atom. The van der Waals surface area contributed by atoms with Crippen molar-refractivity contribution < 1.29 is 33.4 Å². The van der Waals surface area contributed by atoms with Crippen LogP contribution in [0.3, 0.4) is 0 Å². The molecule has 0 aliphatic heterocycles. The lowest BCUT2D eigenvalue weighted by molar-refractivity contribution is -0.141. The number of hydrogen-bond acceptors (Lipinski definition) is 13. The van der Waals surface area contributed by atoms with Gasteiger partial charge in [0, 0.05) is 17.7 Å². The average Bonchev–Trinajstić information content (AvgIpc) is 3.10. The first kappa shape index (κ1) is 32.6. The number of aromatic nitrogens is 4. The largest absolute Gasteiger partial charge is 0.389 e. The summed E-state index contributed by atoms with van der Waals surface area (Å²) < 4.78 is 9.84. The fourth-order valence-corrected chi connectivity index (χ4v) is 4.32. The number of nitrogens with zero attached hydrogens (tertiary/aromatic N) is 3. The predicted molar refractivity (Wildman–Crippen MR) is 170 cm³/mol. The Bertz CT molecular complexity index is 2040. The average molecular weight is 650 g/mol. The van der Waals surface area contributed by atoms with Crippen LogP contribution < -0.4 is 21.9 Å². The Kier molecular flexibility index (Phi) is 10.2. The fraction of sp³-hybridized carbons (Fsp3) is 0.121. The number of hydrogen-bond donors (Lipinski definition) is 4. The minimum absolute atomic E-state index is 0.0325. The van der Waals surface area contributed by atoms with E-state index in [-0.39, 0.29) is 46.8 Å². The Morgan fingerprint density at radius 2 is 1.42 bits per heavy atom. The van der Waals surface area contributed by atoms with Crippen molar-refractivity contribution in [2.24, 2.45) is 0 Å².